The van der Waals surface area contributed by atoms with Crippen molar-refractivity contribution in [2.45, 2.75) is 32.6 Å². The van der Waals surface area contributed by atoms with Crippen LogP contribution in [0.5, 0.6) is 11.5 Å². The van der Waals surface area contributed by atoms with Crippen LogP contribution in [-0.2, 0) is 19.3 Å². The molecule has 2 heterocycles. The molecule has 0 unspecified atom stereocenters. The minimum atomic E-state index is -0.155. The summed E-state index contributed by atoms with van der Waals surface area (Å²) in [5.41, 5.74) is 4.61. The number of nitrogens with one attached hydrogen (secondary N) is 1. The van der Waals surface area contributed by atoms with Crippen LogP contribution in [0.2, 0.25) is 0 Å². The first-order valence-electron chi connectivity index (χ1n) is 9.94. The first-order chi connectivity index (χ1) is 14.1. The fraction of sp³-hybridized carbons (Fsp3) is 0.409. The molecule has 3 aromatic rings. The number of aryl methyl sites for hydroxylation is 1. The molecule has 29 heavy (non-hydrogen) atoms. The highest BCUT2D eigenvalue weighted by Gasteiger charge is 2.22. The summed E-state index contributed by atoms with van der Waals surface area (Å²) in [6, 6.07) is 5.77. The van der Waals surface area contributed by atoms with Crippen LogP contribution in [0.3, 0.4) is 0 Å². The van der Waals surface area contributed by atoms with E-state index in [1.165, 1.54) is 11.3 Å². The van der Waals surface area contributed by atoms with Crippen LogP contribution >= 0.6 is 0 Å². The van der Waals surface area contributed by atoms with Gasteiger partial charge in [0, 0.05) is 18.4 Å². The molecule has 0 bridgehead atoms. The van der Waals surface area contributed by atoms with Crippen LogP contribution in [0.1, 0.15) is 40.5 Å². The van der Waals surface area contributed by atoms with Gasteiger partial charge in [-0.3, -0.25) is 4.79 Å². The number of rotatable bonds is 6. The van der Waals surface area contributed by atoms with Gasteiger partial charge in [-0.05, 0) is 54.9 Å². The maximum absolute atomic E-state index is 12.7. The number of aromatic nitrogens is 3. The summed E-state index contributed by atoms with van der Waals surface area (Å²) in [5.74, 6) is 1.88. The number of hydrogen-bond acceptors (Lipinski definition) is 5. The highest BCUT2D eigenvalue weighted by Crippen LogP contribution is 2.28. The number of fused-ring (bicyclic) bond motifs is 3. The van der Waals surface area contributed by atoms with Gasteiger partial charge in [0.2, 0.25) is 0 Å². The minimum absolute atomic E-state index is 0.155. The Morgan fingerprint density at radius 3 is 2.86 bits per heavy atom. The summed E-state index contributed by atoms with van der Waals surface area (Å²) in [6.45, 7) is 2.77. The lowest BCUT2D eigenvalue weighted by molar-refractivity contribution is 0.0955. The van der Waals surface area contributed by atoms with Crippen LogP contribution in [0.25, 0.3) is 5.65 Å². The fourth-order valence-electron chi connectivity index (χ4n) is 3.92. The maximum atomic E-state index is 12.7. The van der Waals surface area contributed by atoms with Crippen molar-refractivity contribution < 1.29 is 14.3 Å². The molecule has 1 amide bonds. The zero-order valence-electron chi connectivity index (χ0n) is 17.1. The van der Waals surface area contributed by atoms with Gasteiger partial charge >= 0.3 is 0 Å². The number of hydrogen-bond donors (Lipinski definition) is 1. The smallest absolute Gasteiger partial charge is 0.256 e. The summed E-state index contributed by atoms with van der Waals surface area (Å²) in [6.07, 6.45) is 7.34. The molecular formula is C22H26N4O3. The average molecular weight is 394 g/mol. The van der Waals surface area contributed by atoms with Gasteiger partial charge in [0.05, 0.1) is 20.4 Å². The van der Waals surface area contributed by atoms with Gasteiger partial charge in [-0.15, -0.1) is 0 Å². The third-order valence-corrected chi connectivity index (χ3v) is 5.55. The van der Waals surface area contributed by atoms with E-state index < -0.39 is 0 Å². The number of carbonyl (C=O) groups excluding carboxylic acids is 1. The highest BCUT2D eigenvalue weighted by molar-refractivity contribution is 5.99. The van der Waals surface area contributed by atoms with Crippen molar-refractivity contribution in [3.8, 4) is 11.5 Å². The molecule has 7 heteroatoms. The molecule has 1 aliphatic carbocycles. The Labute approximate surface area is 170 Å². The first kappa shape index (κ1) is 19.2. The lowest BCUT2D eigenvalue weighted by atomic mass is 9.89. The summed E-state index contributed by atoms with van der Waals surface area (Å²) in [5, 5.41) is 7.42. The molecule has 0 aliphatic heterocycles. The van der Waals surface area contributed by atoms with Crippen molar-refractivity contribution in [3.05, 3.63) is 53.0 Å². The van der Waals surface area contributed by atoms with Crippen molar-refractivity contribution in [3.63, 3.8) is 0 Å². The number of amides is 1. The molecule has 0 spiro atoms. The quantitative estimate of drug-likeness (QED) is 0.696. The standard InChI is InChI=1S/C22H26N4O3/c1-14-4-6-18-16(10-14)12-24-21-17(13-25-26(18)21)22(27)23-9-8-15-5-7-19(28-2)20(11-15)29-3/h5,7,11-14H,4,6,8-10H2,1-3H3,(H,23,27)/t14-/m0/s1. The van der Waals surface area contributed by atoms with Gasteiger partial charge in [0.1, 0.15) is 5.56 Å². The normalized spacial score (nSPS) is 15.8. The zero-order chi connectivity index (χ0) is 20.4. The third-order valence-electron chi connectivity index (χ3n) is 5.55. The van der Waals surface area contributed by atoms with E-state index >= 15 is 0 Å². The molecule has 0 saturated heterocycles. The Morgan fingerprint density at radius 1 is 1.24 bits per heavy atom. The van der Waals surface area contributed by atoms with Crippen molar-refractivity contribution in [1.29, 1.82) is 0 Å². The Balaban J connectivity index is 1.45. The summed E-state index contributed by atoms with van der Waals surface area (Å²) in [4.78, 5) is 17.2. The zero-order valence-corrected chi connectivity index (χ0v) is 17.1. The average Bonchev–Trinajstić information content (AvgIpc) is 3.17. The van der Waals surface area contributed by atoms with Crippen LogP contribution in [0, 0.1) is 5.92 Å². The Kier molecular flexibility index (Phi) is 5.38. The van der Waals surface area contributed by atoms with Gasteiger partial charge in [0.15, 0.2) is 17.1 Å². The molecule has 2 aromatic heterocycles. The molecule has 4 rings (SSSR count). The van der Waals surface area contributed by atoms with Gasteiger partial charge in [-0.25, -0.2) is 9.50 Å². The second kappa shape index (κ2) is 8.11. The molecule has 1 aromatic carbocycles. The lowest BCUT2D eigenvalue weighted by Gasteiger charge is -2.21. The SMILES string of the molecule is COc1ccc(CCNC(=O)c2cnn3c4c(cnc23)C[C@@H](C)CC4)cc1OC. The monoisotopic (exact) mass is 394 g/mol. The number of benzene rings is 1. The molecule has 152 valence electrons. The molecule has 1 N–H and O–H groups in total. The lowest BCUT2D eigenvalue weighted by Crippen LogP contribution is -2.26. The van der Waals surface area contributed by atoms with Crippen LogP contribution in [-0.4, -0.2) is 41.3 Å². The van der Waals surface area contributed by atoms with Crippen LogP contribution < -0.4 is 14.8 Å². The van der Waals surface area contributed by atoms with Crippen LogP contribution in [0.4, 0.5) is 0 Å². The molecule has 1 aliphatic rings. The van der Waals surface area contributed by atoms with E-state index in [-0.39, 0.29) is 5.91 Å². The first-order valence-corrected chi connectivity index (χ1v) is 9.94. The molecular weight excluding hydrogens is 368 g/mol. The highest BCUT2D eigenvalue weighted by atomic mass is 16.5. The molecule has 0 radical (unpaired) electrons. The number of ether oxygens (including phenoxy) is 2. The Hall–Kier alpha value is -3.09. The topological polar surface area (TPSA) is 77.8 Å². The summed E-state index contributed by atoms with van der Waals surface area (Å²) < 4.78 is 12.4. The van der Waals surface area contributed by atoms with Gasteiger partial charge in [-0.2, -0.15) is 5.10 Å². The van der Waals surface area contributed by atoms with Crippen molar-refractivity contribution in [1.82, 2.24) is 19.9 Å². The van der Waals surface area contributed by atoms with Crippen molar-refractivity contribution in [2.24, 2.45) is 5.92 Å². The van der Waals surface area contributed by atoms with E-state index in [1.54, 1.807) is 20.4 Å². The molecule has 1 atom stereocenters. The minimum Gasteiger partial charge on any atom is -0.493 e. The third kappa shape index (κ3) is 3.77. The Bertz CT molecular complexity index is 1040. The predicted octanol–water partition coefficient (Wildman–Crippen LogP) is 2.84. The Morgan fingerprint density at radius 2 is 2.07 bits per heavy atom. The van der Waals surface area contributed by atoms with E-state index in [1.807, 2.05) is 28.9 Å². The largest absolute Gasteiger partial charge is 0.493 e. The predicted molar refractivity (Wildman–Crippen MR) is 110 cm³/mol. The van der Waals surface area contributed by atoms with Gasteiger partial charge in [-0.1, -0.05) is 13.0 Å². The number of carbonyl (C=O) groups is 1. The molecule has 0 saturated carbocycles. The second-order valence-electron chi connectivity index (χ2n) is 7.57. The summed E-state index contributed by atoms with van der Waals surface area (Å²) in [7, 11) is 3.22. The summed E-state index contributed by atoms with van der Waals surface area (Å²) >= 11 is 0. The van der Waals surface area contributed by atoms with E-state index in [2.05, 4.69) is 22.3 Å². The van der Waals surface area contributed by atoms with E-state index in [4.69, 9.17) is 9.47 Å². The van der Waals surface area contributed by atoms with E-state index in [0.717, 1.165) is 24.8 Å². The van der Waals surface area contributed by atoms with Crippen LogP contribution in [0.15, 0.2) is 30.6 Å². The van der Waals surface area contributed by atoms with Crippen molar-refractivity contribution in [2.75, 3.05) is 20.8 Å². The van der Waals surface area contributed by atoms with E-state index in [9.17, 15) is 4.79 Å². The molecule has 7 nitrogen and oxygen atoms in total. The second-order valence-corrected chi connectivity index (χ2v) is 7.57. The van der Waals surface area contributed by atoms with Crippen molar-refractivity contribution >= 4 is 11.6 Å². The molecule has 0 fully saturated rings. The number of nitrogens with zero attached hydrogens (tertiary/aromatic N) is 3. The van der Waals surface area contributed by atoms with E-state index in [0.29, 0.717) is 41.6 Å². The fourth-order valence-corrected chi connectivity index (χ4v) is 3.92. The maximum Gasteiger partial charge on any atom is 0.256 e. The van der Waals surface area contributed by atoms with Gasteiger partial charge < -0.3 is 14.8 Å². The number of methoxy groups -OCH3 is 2. The van der Waals surface area contributed by atoms with Gasteiger partial charge in [0.25, 0.3) is 5.91 Å².